The number of hydrazone groups is 1. The van der Waals surface area contributed by atoms with Crippen LogP contribution in [-0.4, -0.2) is 41.7 Å². The van der Waals surface area contributed by atoms with Gasteiger partial charge >= 0.3 is 0 Å². The summed E-state index contributed by atoms with van der Waals surface area (Å²) in [7, 11) is 1.77. The third-order valence-electron chi connectivity index (χ3n) is 5.35. The zero-order valence-corrected chi connectivity index (χ0v) is 15.6. The second-order valence-electron chi connectivity index (χ2n) is 7.21. The fourth-order valence-electron chi connectivity index (χ4n) is 4.09. The highest BCUT2D eigenvalue weighted by Crippen LogP contribution is 2.38. The van der Waals surface area contributed by atoms with Gasteiger partial charge in [-0.3, -0.25) is 9.69 Å². The molecule has 2 aromatic rings. The molecule has 5 heteroatoms. The average molecular weight is 368 g/mol. The molecule has 0 saturated carbocycles. The maximum atomic E-state index is 13.1. The molecule has 0 radical (unpaired) electrons. The molecule has 2 aliphatic rings. The summed E-state index contributed by atoms with van der Waals surface area (Å²) in [6, 6.07) is 18.2. The maximum Gasteiger partial charge on any atom is 0.256 e. The van der Waals surface area contributed by atoms with Crippen molar-refractivity contribution in [1.29, 1.82) is 0 Å². The molecular weight excluding hydrogens is 346 g/mol. The Hall–Kier alpha value is -2.17. The number of carbonyl (C=O) groups is 1. The van der Waals surface area contributed by atoms with E-state index in [4.69, 9.17) is 11.6 Å². The molecule has 0 spiro atoms. The van der Waals surface area contributed by atoms with Gasteiger partial charge in [-0.15, -0.1) is 0 Å². The summed E-state index contributed by atoms with van der Waals surface area (Å²) in [6.07, 6.45) is 1.53. The zero-order valence-electron chi connectivity index (χ0n) is 14.9. The van der Waals surface area contributed by atoms with Crippen LogP contribution in [0.3, 0.4) is 0 Å². The van der Waals surface area contributed by atoms with Gasteiger partial charge in [-0.05, 0) is 29.7 Å². The lowest BCUT2D eigenvalue weighted by molar-refractivity contribution is -0.136. The van der Waals surface area contributed by atoms with Gasteiger partial charge in [-0.25, -0.2) is 5.01 Å². The van der Waals surface area contributed by atoms with Crippen molar-refractivity contribution in [3.8, 4) is 0 Å². The molecule has 2 aromatic carbocycles. The van der Waals surface area contributed by atoms with E-state index in [9.17, 15) is 4.79 Å². The van der Waals surface area contributed by atoms with E-state index >= 15 is 0 Å². The summed E-state index contributed by atoms with van der Waals surface area (Å²) in [5.41, 5.74) is 2.88. The molecule has 1 atom stereocenters. The first-order valence-corrected chi connectivity index (χ1v) is 9.31. The standard InChI is InChI=1S/C21H22ClN3O/c1-24-20(26)21(13-16-5-3-2-4-6-16)15-25(12-11-19(21)23-24)14-17-7-9-18(22)10-8-17/h2-10H,11-15H2,1H3. The Labute approximate surface area is 159 Å². The van der Waals surface area contributed by atoms with Gasteiger partial charge in [0.15, 0.2) is 0 Å². The van der Waals surface area contributed by atoms with Gasteiger partial charge in [0.05, 0.1) is 5.71 Å². The molecule has 0 N–H and O–H groups in total. The van der Waals surface area contributed by atoms with E-state index in [1.807, 2.05) is 30.3 Å². The predicted molar refractivity (Wildman–Crippen MR) is 104 cm³/mol. The van der Waals surface area contributed by atoms with E-state index in [1.54, 1.807) is 7.05 Å². The van der Waals surface area contributed by atoms with Crippen LogP contribution in [0.15, 0.2) is 59.7 Å². The van der Waals surface area contributed by atoms with Crippen molar-refractivity contribution in [2.75, 3.05) is 20.1 Å². The number of hydrogen-bond acceptors (Lipinski definition) is 3. The largest absolute Gasteiger partial charge is 0.297 e. The quantitative estimate of drug-likeness (QED) is 0.827. The molecule has 4 rings (SSSR count). The second kappa shape index (κ2) is 6.86. The van der Waals surface area contributed by atoms with Crippen LogP contribution >= 0.6 is 11.6 Å². The highest BCUT2D eigenvalue weighted by atomic mass is 35.5. The maximum absolute atomic E-state index is 13.1. The van der Waals surface area contributed by atoms with Gasteiger partial charge in [0.25, 0.3) is 5.91 Å². The fourth-order valence-corrected chi connectivity index (χ4v) is 4.22. The van der Waals surface area contributed by atoms with E-state index in [0.717, 1.165) is 30.2 Å². The van der Waals surface area contributed by atoms with Crippen LogP contribution in [0.4, 0.5) is 0 Å². The van der Waals surface area contributed by atoms with E-state index in [1.165, 1.54) is 16.1 Å². The van der Waals surface area contributed by atoms with E-state index in [0.29, 0.717) is 13.0 Å². The normalized spacial score (nSPS) is 23.1. The van der Waals surface area contributed by atoms with Gasteiger partial charge in [-0.2, -0.15) is 5.10 Å². The minimum atomic E-state index is -0.541. The number of benzene rings is 2. The number of hydrogen-bond donors (Lipinski definition) is 0. The Balaban J connectivity index is 1.60. The Kier molecular flexibility index (Phi) is 4.55. The van der Waals surface area contributed by atoms with Crippen LogP contribution in [0.5, 0.6) is 0 Å². The molecule has 0 aliphatic carbocycles. The van der Waals surface area contributed by atoms with Gasteiger partial charge in [0.2, 0.25) is 0 Å². The van der Waals surface area contributed by atoms with Crippen molar-refractivity contribution in [2.24, 2.45) is 10.5 Å². The van der Waals surface area contributed by atoms with E-state index < -0.39 is 5.41 Å². The monoisotopic (exact) mass is 367 g/mol. The topological polar surface area (TPSA) is 35.9 Å². The Morgan fingerprint density at radius 2 is 1.81 bits per heavy atom. The number of rotatable bonds is 4. The van der Waals surface area contributed by atoms with Gasteiger partial charge < -0.3 is 0 Å². The van der Waals surface area contributed by atoms with Crippen LogP contribution in [0.25, 0.3) is 0 Å². The molecular formula is C21H22ClN3O. The third-order valence-corrected chi connectivity index (χ3v) is 5.60. The summed E-state index contributed by atoms with van der Waals surface area (Å²) >= 11 is 6.00. The van der Waals surface area contributed by atoms with Crippen molar-refractivity contribution in [2.45, 2.75) is 19.4 Å². The summed E-state index contributed by atoms with van der Waals surface area (Å²) in [5.74, 6) is 0.108. The van der Waals surface area contributed by atoms with Crippen LogP contribution in [-0.2, 0) is 17.8 Å². The fraction of sp³-hybridized carbons (Fsp3) is 0.333. The number of nitrogens with zero attached hydrogens (tertiary/aromatic N) is 3. The molecule has 2 heterocycles. The minimum Gasteiger partial charge on any atom is -0.297 e. The van der Waals surface area contributed by atoms with Gasteiger partial charge in [0.1, 0.15) is 5.41 Å². The van der Waals surface area contributed by atoms with E-state index in [2.05, 4.69) is 34.3 Å². The molecule has 26 heavy (non-hydrogen) atoms. The van der Waals surface area contributed by atoms with Crippen LogP contribution in [0.1, 0.15) is 17.5 Å². The first-order valence-electron chi connectivity index (χ1n) is 8.94. The first kappa shape index (κ1) is 17.3. The highest BCUT2D eigenvalue weighted by Gasteiger charge is 2.52. The number of fused-ring (bicyclic) bond motifs is 1. The molecule has 1 saturated heterocycles. The second-order valence-corrected chi connectivity index (χ2v) is 7.64. The lowest BCUT2D eigenvalue weighted by Gasteiger charge is -2.39. The van der Waals surface area contributed by atoms with E-state index in [-0.39, 0.29) is 5.91 Å². The smallest absolute Gasteiger partial charge is 0.256 e. The number of piperidine rings is 1. The third kappa shape index (κ3) is 3.15. The summed E-state index contributed by atoms with van der Waals surface area (Å²) in [4.78, 5) is 15.4. The molecule has 1 fully saturated rings. The van der Waals surface area contributed by atoms with Crippen molar-refractivity contribution in [1.82, 2.24) is 9.91 Å². The highest BCUT2D eigenvalue weighted by molar-refractivity contribution is 6.30. The molecule has 1 unspecified atom stereocenters. The Bertz CT molecular complexity index is 834. The summed E-state index contributed by atoms with van der Waals surface area (Å²) in [6.45, 7) is 2.43. The molecule has 0 bridgehead atoms. The van der Waals surface area contributed by atoms with Crippen molar-refractivity contribution >= 4 is 23.2 Å². The van der Waals surface area contributed by atoms with Crippen LogP contribution < -0.4 is 0 Å². The molecule has 2 aliphatic heterocycles. The molecule has 134 valence electrons. The minimum absolute atomic E-state index is 0.108. The van der Waals surface area contributed by atoms with Crippen molar-refractivity contribution in [3.05, 3.63) is 70.7 Å². The lowest BCUT2D eigenvalue weighted by atomic mass is 9.73. The van der Waals surface area contributed by atoms with Gasteiger partial charge in [-0.1, -0.05) is 54.1 Å². The summed E-state index contributed by atoms with van der Waals surface area (Å²) < 4.78 is 0. The number of amides is 1. The first-order chi connectivity index (χ1) is 12.6. The van der Waals surface area contributed by atoms with Crippen molar-refractivity contribution in [3.63, 3.8) is 0 Å². The van der Waals surface area contributed by atoms with Gasteiger partial charge in [0, 0.05) is 38.1 Å². The number of halogens is 1. The van der Waals surface area contributed by atoms with Crippen LogP contribution in [0.2, 0.25) is 5.02 Å². The number of likely N-dealkylation sites (tertiary alicyclic amines) is 1. The molecule has 4 nitrogen and oxygen atoms in total. The van der Waals surface area contributed by atoms with Crippen molar-refractivity contribution < 1.29 is 4.79 Å². The average Bonchev–Trinajstić information content (AvgIpc) is 2.89. The molecule has 0 aromatic heterocycles. The lowest BCUT2D eigenvalue weighted by Crippen LogP contribution is -2.53. The number of carbonyl (C=O) groups excluding carboxylic acids is 1. The Morgan fingerprint density at radius 3 is 2.54 bits per heavy atom. The summed E-state index contributed by atoms with van der Waals surface area (Å²) in [5, 5.41) is 6.85. The van der Waals surface area contributed by atoms with Crippen LogP contribution in [0, 0.1) is 5.41 Å². The predicted octanol–water partition coefficient (Wildman–Crippen LogP) is 3.60. The molecule has 1 amide bonds. The Morgan fingerprint density at radius 1 is 1.08 bits per heavy atom. The SMILES string of the molecule is CN1N=C2CCN(Cc3ccc(Cl)cc3)CC2(Cc2ccccc2)C1=O. The zero-order chi connectivity index (χ0) is 18.1.